The molecule has 0 bridgehead atoms. The van der Waals surface area contributed by atoms with Crippen LogP contribution < -0.4 is 15.6 Å². The SMILES string of the molecule is COc1cnn(C)c(=O)c1-c1ccc(C[C@H](NC(=O)C(C(C)C)N(C)C(=O)Cc2ccsc2)C(=O)O)cc1. The van der Waals surface area contributed by atoms with E-state index in [0.29, 0.717) is 22.4 Å². The molecule has 2 N–H and O–H groups in total. The molecule has 2 amide bonds. The minimum atomic E-state index is -1.21. The predicted molar refractivity (Wildman–Crippen MR) is 144 cm³/mol. The Kier molecular flexibility index (Phi) is 9.40. The molecule has 0 saturated carbocycles. The number of hydrogen-bond acceptors (Lipinski definition) is 7. The van der Waals surface area contributed by atoms with Crippen LogP contribution in [-0.2, 0) is 34.3 Å². The topological polar surface area (TPSA) is 131 Å². The molecule has 0 aliphatic carbocycles. The Bertz CT molecular complexity index is 1330. The number of carboxylic acid groups (broad SMARTS) is 1. The Morgan fingerprint density at radius 2 is 1.84 bits per heavy atom. The highest BCUT2D eigenvalue weighted by Gasteiger charge is 2.32. The van der Waals surface area contributed by atoms with Gasteiger partial charge in [-0.1, -0.05) is 38.1 Å². The Labute approximate surface area is 224 Å². The molecule has 0 aliphatic rings. The van der Waals surface area contributed by atoms with Gasteiger partial charge in [-0.05, 0) is 39.4 Å². The van der Waals surface area contributed by atoms with Crippen LogP contribution in [0.25, 0.3) is 11.1 Å². The second-order valence-corrected chi connectivity index (χ2v) is 10.1. The number of methoxy groups -OCH3 is 1. The molecule has 0 saturated heterocycles. The smallest absolute Gasteiger partial charge is 0.326 e. The summed E-state index contributed by atoms with van der Waals surface area (Å²) in [5.41, 5.74) is 2.12. The minimum Gasteiger partial charge on any atom is -0.494 e. The summed E-state index contributed by atoms with van der Waals surface area (Å²) in [6.45, 7) is 3.62. The molecule has 2 heterocycles. The summed E-state index contributed by atoms with van der Waals surface area (Å²) < 4.78 is 6.49. The number of ether oxygens (including phenoxy) is 1. The highest BCUT2D eigenvalue weighted by atomic mass is 32.1. The molecular weight excluding hydrogens is 508 g/mol. The van der Waals surface area contributed by atoms with Crippen LogP contribution in [-0.4, -0.2) is 63.8 Å². The molecule has 0 fully saturated rings. The summed E-state index contributed by atoms with van der Waals surface area (Å²) in [7, 11) is 4.55. The number of aryl methyl sites for hydroxylation is 1. The number of amides is 2. The summed E-state index contributed by atoms with van der Waals surface area (Å²) >= 11 is 1.49. The summed E-state index contributed by atoms with van der Waals surface area (Å²) in [6, 6.07) is 6.61. The number of nitrogens with one attached hydrogen (secondary N) is 1. The van der Waals surface area contributed by atoms with Gasteiger partial charge in [0.2, 0.25) is 11.8 Å². The van der Waals surface area contributed by atoms with Crippen molar-refractivity contribution >= 4 is 29.1 Å². The van der Waals surface area contributed by atoms with E-state index in [-0.39, 0.29) is 30.2 Å². The van der Waals surface area contributed by atoms with Gasteiger partial charge in [-0.15, -0.1) is 0 Å². The average Bonchev–Trinajstić information content (AvgIpc) is 3.38. The molecule has 2 aromatic heterocycles. The highest BCUT2D eigenvalue weighted by molar-refractivity contribution is 7.08. The van der Waals surface area contributed by atoms with Crippen molar-refractivity contribution in [2.45, 2.75) is 38.8 Å². The number of rotatable bonds is 11. The number of aromatic nitrogens is 2. The second-order valence-electron chi connectivity index (χ2n) is 9.32. The lowest BCUT2D eigenvalue weighted by Gasteiger charge is -2.31. The van der Waals surface area contributed by atoms with E-state index in [1.165, 1.54) is 41.3 Å². The maximum Gasteiger partial charge on any atom is 0.326 e. The fourth-order valence-corrected chi connectivity index (χ4v) is 4.89. The normalized spacial score (nSPS) is 12.6. The molecule has 38 heavy (non-hydrogen) atoms. The van der Waals surface area contributed by atoms with Crippen LogP contribution in [0, 0.1) is 5.92 Å². The Hall–Kier alpha value is -3.99. The standard InChI is InChI=1S/C27H32N4O6S/c1-16(2)24(30(3)22(32)13-18-10-11-38-15-18)25(33)29-20(27(35)36)12-17-6-8-19(9-7-17)23-21(37-5)14-28-31(4)26(23)34/h6-11,14-16,20,24H,12-13H2,1-5H3,(H,29,33)(H,35,36)/t20-,24?/m0/s1. The fourth-order valence-electron chi connectivity index (χ4n) is 4.22. The molecule has 2 atom stereocenters. The third-order valence-corrected chi connectivity index (χ3v) is 7.00. The number of thiophene rings is 1. The van der Waals surface area contributed by atoms with E-state index < -0.39 is 24.0 Å². The Balaban J connectivity index is 1.75. The van der Waals surface area contributed by atoms with Gasteiger partial charge in [-0.2, -0.15) is 16.4 Å². The van der Waals surface area contributed by atoms with Crippen LogP contribution in [0.1, 0.15) is 25.0 Å². The molecule has 0 aliphatic heterocycles. The van der Waals surface area contributed by atoms with E-state index in [9.17, 15) is 24.3 Å². The molecule has 11 heteroatoms. The molecule has 1 aromatic carbocycles. The molecule has 202 valence electrons. The lowest BCUT2D eigenvalue weighted by atomic mass is 9.98. The first kappa shape index (κ1) is 28.6. The number of carbonyl (C=O) groups is 3. The molecule has 1 unspecified atom stereocenters. The number of nitrogens with zero attached hydrogens (tertiary/aromatic N) is 3. The highest BCUT2D eigenvalue weighted by Crippen LogP contribution is 2.26. The average molecular weight is 541 g/mol. The Morgan fingerprint density at radius 1 is 1.16 bits per heavy atom. The van der Waals surface area contributed by atoms with Crippen LogP contribution in [0.3, 0.4) is 0 Å². The van der Waals surface area contributed by atoms with Gasteiger partial charge in [-0.25, -0.2) is 9.48 Å². The van der Waals surface area contributed by atoms with Gasteiger partial charge >= 0.3 is 5.97 Å². The van der Waals surface area contributed by atoms with Crippen molar-refractivity contribution in [2.75, 3.05) is 14.2 Å². The summed E-state index contributed by atoms with van der Waals surface area (Å²) in [5, 5.41) is 20.2. The van der Waals surface area contributed by atoms with Crippen molar-refractivity contribution in [1.29, 1.82) is 0 Å². The number of likely N-dealkylation sites (N-methyl/N-ethyl adjacent to an activating group) is 1. The van der Waals surface area contributed by atoms with Crippen LogP contribution in [0.2, 0.25) is 0 Å². The van der Waals surface area contributed by atoms with Crippen molar-refractivity contribution in [3.63, 3.8) is 0 Å². The zero-order chi connectivity index (χ0) is 28.0. The van der Waals surface area contributed by atoms with E-state index in [1.54, 1.807) is 31.3 Å². The summed E-state index contributed by atoms with van der Waals surface area (Å²) in [4.78, 5) is 52.0. The van der Waals surface area contributed by atoms with Crippen molar-refractivity contribution in [3.8, 4) is 16.9 Å². The zero-order valence-corrected chi connectivity index (χ0v) is 22.8. The third kappa shape index (κ3) is 6.65. The van der Waals surface area contributed by atoms with E-state index in [1.807, 2.05) is 30.7 Å². The van der Waals surface area contributed by atoms with Gasteiger partial charge in [0.15, 0.2) is 5.75 Å². The van der Waals surface area contributed by atoms with Crippen molar-refractivity contribution in [3.05, 3.63) is 68.8 Å². The molecular formula is C27H32N4O6S. The summed E-state index contributed by atoms with van der Waals surface area (Å²) in [6.07, 6.45) is 1.63. The molecule has 10 nitrogen and oxygen atoms in total. The van der Waals surface area contributed by atoms with E-state index in [0.717, 1.165) is 5.56 Å². The molecule has 3 rings (SSSR count). The first-order valence-electron chi connectivity index (χ1n) is 12.0. The maximum atomic E-state index is 13.2. The third-order valence-electron chi connectivity index (χ3n) is 6.27. The monoisotopic (exact) mass is 540 g/mol. The second kappa shape index (κ2) is 12.5. The maximum absolute atomic E-state index is 13.2. The molecule has 0 radical (unpaired) electrons. The predicted octanol–water partition coefficient (Wildman–Crippen LogP) is 2.36. The van der Waals surface area contributed by atoms with Gasteiger partial charge in [0, 0.05) is 20.5 Å². The molecule has 3 aromatic rings. The van der Waals surface area contributed by atoms with Crippen molar-refractivity contribution < 1.29 is 24.2 Å². The lowest BCUT2D eigenvalue weighted by Crippen LogP contribution is -2.54. The molecule has 0 spiro atoms. The fraction of sp³-hybridized carbons (Fsp3) is 0.370. The van der Waals surface area contributed by atoms with Gasteiger partial charge in [0.1, 0.15) is 12.1 Å². The first-order chi connectivity index (χ1) is 18.0. The number of aliphatic carboxylic acids is 1. The van der Waals surface area contributed by atoms with Gasteiger partial charge in [-0.3, -0.25) is 14.4 Å². The Morgan fingerprint density at radius 3 is 2.39 bits per heavy atom. The minimum absolute atomic E-state index is 0.0181. The first-order valence-corrected chi connectivity index (χ1v) is 13.0. The van der Waals surface area contributed by atoms with Crippen LogP contribution in [0.4, 0.5) is 0 Å². The van der Waals surface area contributed by atoms with Gasteiger partial charge < -0.3 is 20.1 Å². The van der Waals surface area contributed by atoms with E-state index in [2.05, 4.69) is 10.4 Å². The van der Waals surface area contributed by atoms with Crippen LogP contribution in [0.15, 0.2) is 52.1 Å². The van der Waals surface area contributed by atoms with Crippen molar-refractivity contribution in [1.82, 2.24) is 20.0 Å². The number of benzene rings is 1. The van der Waals surface area contributed by atoms with Crippen molar-refractivity contribution in [2.24, 2.45) is 13.0 Å². The van der Waals surface area contributed by atoms with Crippen LogP contribution in [0.5, 0.6) is 5.75 Å². The number of hydrogen-bond donors (Lipinski definition) is 2. The quantitative estimate of drug-likeness (QED) is 0.382. The summed E-state index contributed by atoms with van der Waals surface area (Å²) in [5.74, 6) is -1.86. The number of carbonyl (C=O) groups excluding carboxylic acids is 2. The van der Waals surface area contributed by atoms with E-state index >= 15 is 0 Å². The van der Waals surface area contributed by atoms with Gasteiger partial charge in [0.05, 0.1) is 25.3 Å². The number of carboxylic acids is 1. The lowest BCUT2D eigenvalue weighted by molar-refractivity contribution is -0.144. The largest absolute Gasteiger partial charge is 0.494 e. The van der Waals surface area contributed by atoms with Gasteiger partial charge in [0.25, 0.3) is 5.56 Å². The zero-order valence-electron chi connectivity index (χ0n) is 22.0. The van der Waals surface area contributed by atoms with E-state index in [4.69, 9.17) is 4.74 Å². The van der Waals surface area contributed by atoms with Crippen LogP contribution >= 0.6 is 11.3 Å².